The fraction of sp³-hybridized carbons (Fsp3) is 0.231. The average Bonchev–Trinajstić information content (AvgIpc) is 2.79. The molecule has 0 radical (unpaired) electrons. The first-order valence-electron chi connectivity index (χ1n) is 10.7. The summed E-state index contributed by atoms with van der Waals surface area (Å²) in [6.07, 6.45) is 0.711. The highest BCUT2D eigenvalue weighted by atomic mass is 32.2. The number of benzene rings is 3. The molecular weight excluding hydrogens is 438 g/mol. The molecule has 0 fully saturated rings. The third-order valence-corrected chi connectivity index (χ3v) is 6.45. The molecule has 0 aromatic heterocycles. The van der Waals surface area contributed by atoms with E-state index in [1.54, 1.807) is 50.2 Å². The zero-order valence-electron chi connectivity index (χ0n) is 18.6. The first-order valence-corrected chi connectivity index (χ1v) is 12.2. The van der Waals surface area contributed by atoms with Crippen molar-refractivity contribution >= 4 is 22.3 Å². The smallest absolute Gasteiger partial charge is 0.307 e. The lowest BCUT2D eigenvalue weighted by atomic mass is 10.0. The Kier molecular flexibility index (Phi) is 8.14. The highest BCUT2D eigenvalue weighted by molar-refractivity contribution is 7.89. The molecule has 0 aliphatic heterocycles. The Balaban J connectivity index is 1.86. The van der Waals surface area contributed by atoms with Gasteiger partial charge in [-0.05, 0) is 55.2 Å². The van der Waals surface area contributed by atoms with E-state index in [0.717, 1.165) is 17.4 Å². The topological polar surface area (TPSA) is 89.5 Å². The summed E-state index contributed by atoms with van der Waals surface area (Å²) in [5, 5.41) is 0. The van der Waals surface area contributed by atoms with Gasteiger partial charge < -0.3 is 4.74 Å². The monoisotopic (exact) mass is 465 g/mol. The minimum Gasteiger partial charge on any atom is -0.463 e. The maximum atomic E-state index is 13.2. The predicted molar refractivity (Wildman–Crippen MR) is 127 cm³/mol. The number of carbonyl (C=O) groups is 2. The predicted octanol–water partition coefficient (Wildman–Crippen LogP) is 4.40. The van der Waals surface area contributed by atoms with Crippen LogP contribution in [0.5, 0.6) is 0 Å². The molecule has 0 saturated heterocycles. The summed E-state index contributed by atoms with van der Waals surface area (Å²) in [6, 6.07) is 22.1. The van der Waals surface area contributed by atoms with Crippen LogP contribution in [0.4, 0.5) is 0 Å². The molecule has 3 aromatic carbocycles. The van der Waals surface area contributed by atoms with Crippen LogP contribution >= 0.6 is 0 Å². The van der Waals surface area contributed by atoms with Crippen molar-refractivity contribution in [1.29, 1.82) is 0 Å². The molecule has 0 saturated carbocycles. The first-order chi connectivity index (χ1) is 15.8. The summed E-state index contributed by atoms with van der Waals surface area (Å²) in [7, 11) is -3.93. The van der Waals surface area contributed by atoms with E-state index in [-0.39, 0.29) is 17.4 Å². The van der Waals surface area contributed by atoms with Crippen LogP contribution in [0.1, 0.15) is 36.2 Å². The minimum atomic E-state index is -3.93. The highest BCUT2D eigenvalue weighted by Crippen LogP contribution is 2.24. The number of ether oxygens (including phenoxy) is 1. The lowest BCUT2D eigenvalue weighted by Crippen LogP contribution is -2.38. The fourth-order valence-electron chi connectivity index (χ4n) is 3.49. The molecule has 3 rings (SSSR count). The summed E-state index contributed by atoms with van der Waals surface area (Å²) < 4.78 is 34.4. The molecule has 3 aromatic rings. The lowest BCUT2D eigenvalue weighted by Gasteiger charge is -2.19. The molecule has 1 N–H and O–H groups in total. The molecule has 0 amide bonds. The van der Waals surface area contributed by atoms with Gasteiger partial charge in [0.2, 0.25) is 10.0 Å². The van der Waals surface area contributed by atoms with Crippen LogP contribution in [-0.2, 0) is 26.0 Å². The SMILES string of the molecule is CC(C)OC(=O)CC(Cc1ccccc1)NS(=O)(=O)c1cccc(-c2cccc(C=O)c2)c1. The Morgan fingerprint density at radius 3 is 2.27 bits per heavy atom. The van der Waals surface area contributed by atoms with Crippen molar-refractivity contribution in [3.05, 3.63) is 90.0 Å². The molecule has 7 heteroatoms. The van der Waals surface area contributed by atoms with Gasteiger partial charge in [0.1, 0.15) is 6.29 Å². The Morgan fingerprint density at radius 2 is 1.61 bits per heavy atom. The van der Waals surface area contributed by atoms with Gasteiger partial charge in [-0.1, -0.05) is 60.7 Å². The van der Waals surface area contributed by atoms with Gasteiger partial charge in [-0.15, -0.1) is 0 Å². The summed E-state index contributed by atoms with van der Waals surface area (Å²) in [5.74, 6) is -0.465. The third kappa shape index (κ3) is 7.10. The van der Waals surface area contributed by atoms with Crippen molar-refractivity contribution in [1.82, 2.24) is 4.72 Å². The van der Waals surface area contributed by atoms with E-state index in [1.165, 1.54) is 6.07 Å². The van der Waals surface area contributed by atoms with Gasteiger partial charge in [0.05, 0.1) is 17.4 Å². The summed E-state index contributed by atoms with van der Waals surface area (Å²) >= 11 is 0. The van der Waals surface area contributed by atoms with Gasteiger partial charge in [-0.2, -0.15) is 0 Å². The van der Waals surface area contributed by atoms with Gasteiger partial charge in [0, 0.05) is 11.6 Å². The first kappa shape index (κ1) is 24.4. The largest absolute Gasteiger partial charge is 0.463 e. The van der Waals surface area contributed by atoms with Gasteiger partial charge in [-0.25, -0.2) is 13.1 Å². The molecule has 1 unspecified atom stereocenters. The van der Waals surface area contributed by atoms with Crippen molar-refractivity contribution in [3.63, 3.8) is 0 Å². The lowest BCUT2D eigenvalue weighted by molar-refractivity contribution is -0.147. The van der Waals surface area contributed by atoms with Crippen LogP contribution in [0.3, 0.4) is 0 Å². The standard InChI is InChI=1S/C26H27NO5S/c1-19(2)32-26(29)17-24(15-20-8-4-3-5-9-20)27-33(30,31)25-13-7-12-23(16-25)22-11-6-10-21(14-22)18-28/h3-14,16,18-19,24,27H,15,17H2,1-2H3. The van der Waals surface area contributed by atoms with Crippen molar-refractivity contribution in [2.75, 3.05) is 0 Å². The summed E-state index contributed by atoms with van der Waals surface area (Å²) in [6.45, 7) is 3.50. The van der Waals surface area contributed by atoms with Crippen molar-refractivity contribution in [2.45, 2.75) is 43.7 Å². The van der Waals surface area contributed by atoms with Crippen LogP contribution in [-0.4, -0.2) is 32.8 Å². The normalized spacial score (nSPS) is 12.3. The van der Waals surface area contributed by atoms with E-state index >= 15 is 0 Å². The molecule has 33 heavy (non-hydrogen) atoms. The second-order valence-electron chi connectivity index (χ2n) is 8.02. The molecule has 0 aliphatic rings. The average molecular weight is 466 g/mol. The Hall–Kier alpha value is -3.29. The fourth-order valence-corrected chi connectivity index (χ4v) is 4.77. The van der Waals surface area contributed by atoms with E-state index in [0.29, 0.717) is 17.5 Å². The van der Waals surface area contributed by atoms with Gasteiger partial charge in [0.15, 0.2) is 0 Å². The second kappa shape index (κ2) is 11.0. The number of hydrogen-bond donors (Lipinski definition) is 1. The van der Waals surface area contributed by atoms with E-state index in [1.807, 2.05) is 36.4 Å². The van der Waals surface area contributed by atoms with E-state index < -0.39 is 22.0 Å². The van der Waals surface area contributed by atoms with Crippen molar-refractivity contribution in [3.8, 4) is 11.1 Å². The van der Waals surface area contributed by atoms with E-state index in [2.05, 4.69) is 4.72 Å². The number of nitrogens with one attached hydrogen (secondary N) is 1. The van der Waals surface area contributed by atoms with Gasteiger partial charge >= 0.3 is 5.97 Å². The molecule has 0 spiro atoms. The Morgan fingerprint density at radius 1 is 0.939 bits per heavy atom. The zero-order valence-corrected chi connectivity index (χ0v) is 19.4. The van der Waals surface area contributed by atoms with Crippen LogP contribution in [0.2, 0.25) is 0 Å². The highest BCUT2D eigenvalue weighted by Gasteiger charge is 2.24. The number of aldehydes is 1. The molecule has 172 valence electrons. The van der Waals surface area contributed by atoms with Crippen LogP contribution < -0.4 is 4.72 Å². The van der Waals surface area contributed by atoms with Crippen molar-refractivity contribution < 1.29 is 22.7 Å². The number of rotatable bonds is 10. The molecule has 0 bridgehead atoms. The van der Waals surface area contributed by atoms with Crippen LogP contribution in [0.25, 0.3) is 11.1 Å². The third-order valence-electron chi connectivity index (χ3n) is 4.93. The van der Waals surface area contributed by atoms with Crippen molar-refractivity contribution in [2.24, 2.45) is 0 Å². The van der Waals surface area contributed by atoms with E-state index in [9.17, 15) is 18.0 Å². The molecule has 1 atom stereocenters. The van der Waals surface area contributed by atoms with Gasteiger partial charge in [0.25, 0.3) is 0 Å². The summed E-state index contributed by atoms with van der Waals surface area (Å²) in [5.41, 5.74) is 2.81. The van der Waals surface area contributed by atoms with Crippen LogP contribution in [0.15, 0.2) is 83.8 Å². The zero-order chi connectivity index (χ0) is 23.8. The van der Waals surface area contributed by atoms with Gasteiger partial charge in [-0.3, -0.25) is 9.59 Å². The summed E-state index contributed by atoms with van der Waals surface area (Å²) in [4.78, 5) is 23.5. The molecule has 0 heterocycles. The maximum Gasteiger partial charge on any atom is 0.307 e. The molecule has 0 aliphatic carbocycles. The van der Waals surface area contributed by atoms with E-state index in [4.69, 9.17) is 4.74 Å². The Bertz CT molecular complexity index is 1210. The molecular formula is C26H27NO5S. The Labute approximate surface area is 194 Å². The number of sulfonamides is 1. The molecule has 6 nitrogen and oxygen atoms in total. The maximum absolute atomic E-state index is 13.2. The second-order valence-corrected chi connectivity index (χ2v) is 9.74. The minimum absolute atomic E-state index is 0.0757. The quantitative estimate of drug-likeness (QED) is 0.354. The van der Waals surface area contributed by atoms with Crippen LogP contribution in [0, 0.1) is 0 Å². The number of carbonyl (C=O) groups excluding carboxylic acids is 2. The number of hydrogen-bond acceptors (Lipinski definition) is 5. The number of esters is 1.